The Labute approximate surface area is 57.6 Å². The van der Waals surface area contributed by atoms with Crippen LogP contribution in [0.4, 0.5) is 0 Å². The van der Waals surface area contributed by atoms with Crippen LogP contribution in [-0.2, 0) is 32.7 Å². The normalized spacial score (nSPS) is 6.00. The van der Waals surface area contributed by atoms with Gasteiger partial charge in [0.2, 0.25) is 0 Å². The second kappa shape index (κ2) is 8.91. The number of aliphatic hydroxyl groups excluding tert-OH is 1. The molecule has 0 amide bonds. The first-order valence-corrected chi connectivity index (χ1v) is 1.30. The quantitative estimate of drug-likeness (QED) is 0.526. The third-order valence-corrected chi connectivity index (χ3v) is 0.183. The molecule has 0 bridgehead atoms. The zero-order chi connectivity index (χ0) is 3.41. The van der Waals surface area contributed by atoms with E-state index in [2.05, 4.69) is 0 Å². The molecule has 0 fully saturated rings. The summed E-state index contributed by atoms with van der Waals surface area (Å²) in [7, 11) is 0. The first-order valence-electron chi connectivity index (χ1n) is 1.30. The van der Waals surface area contributed by atoms with E-state index in [0.717, 1.165) is 0 Å². The number of rotatable bonds is 1. The molecular weight excluding hydrogens is 141 g/mol. The summed E-state index contributed by atoms with van der Waals surface area (Å²) in [6, 6.07) is 0. The molecule has 0 aliphatic heterocycles. The van der Waals surface area contributed by atoms with Crippen molar-refractivity contribution in [2.75, 3.05) is 6.61 Å². The van der Waals surface area contributed by atoms with Gasteiger partial charge in [0.25, 0.3) is 0 Å². The molecule has 26 valence electrons. The van der Waals surface area contributed by atoms with Crippen molar-refractivity contribution in [2.45, 2.75) is 6.92 Å². The Balaban J connectivity index is 0. The van der Waals surface area contributed by atoms with E-state index in [1.807, 2.05) is 0 Å². The molecule has 0 saturated carbocycles. The van der Waals surface area contributed by atoms with Gasteiger partial charge in [-0.05, 0) is 0 Å². The minimum atomic E-state index is 0. The Morgan fingerprint density at radius 2 is 2.00 bits per heavy atom. The van der Waals surface area contributed by atoms with E-state index in [-0.39, 0.29) is 39.3 Å². The molecule has 0 rings (SSSR count). The summed E-state index contributed by atoms with van der Waals surface area (Å²) in [5.41, 5.74) is 0. The first-order chi connectivity index (χ1) is 1.91. The second-order valence-corrected chi connectivity index (χ2v) is 0.591. The second-order valence-electron chi connectivity index (χ2n) is 0.591. The third-order valence-electron chi connectivity index (χ3n) is 0.183. The van der Waals surface area contributed by atoms with Crippen molar-refractivity contribution in [3.8, 4) is 0 Å². The van der Waals surface area contributed by atoms with E-state index in [1.54, 1.807) is 13.3 Å². The first kappa shape index (κ1) is 9.42. The monoisotopic (exact) mass is 148 g/mol. The van der Waals surface area contributed by atoms with Gasteiger partial charge in [0.1, 0.15) is 0 Å². The van der Waals surface area contributed by atoms with Crippen molar-refractivity contribution < 1.29 is 37.8 Å². The SMILES string of the molecule is C[CH-]CO.[Y+3]. The zero-order valence-electron chi connectivity index (χ0n) is 3.31. The van der Waals surface area contributed by atoms with Gasteiger partial charge in [0.15, 0.2) is 0 Å². The van der Waals surface area contributed by atoms with Crippen LogP contribution in [0, 0.1) is 6.42 Å². The van der Waals surface area contributed by atoms with Crippen LogP contribution in [0.1, 0.15) is 6.92 Å². The molecule has 2 heteroatoms. The molecule has 0 aliphatic rings. The van der Waals surface area contributed by atoms with Crippen LogP contribution >= 0.6 is 0 Å². The van der Waals surface area contributed by atoms with Crippen molar-refractivity contribution in [2.24, 2.45) is 0 Å². The van der Waals surface area contributed by atoms with Crippen LogP contribution in [0.2, 0.25) is 0 Å². The van der Waals surface area contributed by atoms with Gasteiger partial charge in [-0.1, -0.05) is 6.61 Å². The molecule has 0 saturated heterocycles. The summed E-state index contributed by atoms with van der Waals surface area (Å²) in [6.07, 6.45) is 1.68. The van der Waals surface area contributed by atoms with Crippen LogP contribution in [0.25, 0.3) is 0 Å². The predicted octanol–water partition coefficient (Wildman–Crippen LogP) is 0.200. The summed E-state index contributed by atoms with van der Waals surface area (Å²) >= 11 is 0. The van der Waals surface area contributed by atoms with E-state index in [1.165, 1.54) is 0 Å². The fraction of sp³-hybridized carbons (Fsp3) is 0.667. The van der Waals surface area contributed by atoms with Gasteiger partial charge < -0.3 is 11.5 Å². The summed E-state index contributed by atoms with van der Waals surface area (Å²) in [5.74, 6) is 0. The number of hydrogen-bond acceptors (Lipinski definition) is 1. The molecule has 0 aromatic heterocycles. The number of hydrogen-bond donors (Lipinski definition) is 1. The van der Waals surface area contributed by atoms with E-state index in [9.17, 15) is 0 Å². The molecule has 0 unspecified atom stereocenters. The number of aliphatic hydroxyl groups is 1. The Hall–Kier alpha value is 1.06. The average molecular weight is 148 g/mol. The maximum atomic E-state index is 7.82. The molecule has 1 nitrogen and oxygen atoms in total. The van der Waals surface area contributed by atoms with Crippen LogP contribution in [0.5, 0.6) is 0 Å². The average Bonchev–Trinajstić information content (AvgIpc) is 1.37. The summed E-state index contributed by atoms with van der Waals surface area (Å²) in [6.45, 7) is 2.00. The molecule has 0 aliphatic carbocycles. The Morgan fingerprint density at radius 1 is 1.80 bits per heavy atom. The van der Waals surface area contributed by atoms with Gasteiger partial charge in [0, 0.05) is 0 Å². The minimum Gasteiger partial charge on any atom is -0.428 e. The van der Waals surface area contributed by atoms with E-state index in [0.29, 0.717) is 0 Å². The molecular formula is C3H7OY+2. The smallest absolute Gasteiger partial charge is 0.428 e. The largest absolute Gasteiger partial charge is 3.00 e. The van der Waals surface area contributed by atoms with Gasteiger partial charge in [0.05, 0.1) is 0 Å². The molecule has 0 aromatic carbocycles. The van der Waals surface area contributed by atoms with Crippen LogP contribution in [0.15, 0.2) is 0 Å². The van der Waals surface area contributed by atoms with Crippen molar-refractivity contribution in [3.05, 3.63) is 6.42 Å². The zero-order valence-corrected chi connectivity index (χ0v) is 6.15. The molecule has 0 radical (unpaired) electrons. The maximum absolute atomic E-state index is 7.82. The van der Waals surface area contributed by atoms with Gasteiger partial charge in [-0.25, -0.2) is 0 Å². The van der Waals surface area contributed by atoms with Crippen molar-refractivity contribution in [1.82, 2.24) is 0 Å². The summed E-state index contributed by atoms with van der Waals surface area (Å²) in [5, 5.41) is 7.82. The van der Waals surface area contributed by atoms with Crippen molar-refractivity contribution in [1.29, 1.82) is 0 Å². The van der Waals surface area contributed by atoms with Crippen molar-refractivity contribution in [3.63, 3.8) is 0 Å². The van der Waals surface area contributed by atoms with E-state index >= 15 is 0 Å². The van der Waals surface area contributed by atoms with Gasteiger partial charge in [-0.15, -0.1) is 0 Å². The Morgan fingerprint density at radius 3 is 2.00 bits per heavy atom. The Bertz CT molecular complexity index is 8.85. The summed E-state index contributed by atoms with van der Waals surface area (Å²) in [4.78, 5) is 0. The van der Waals surface area contributed by atoms with Crippen molar-refractivity contribution >= 4 is 0 Å². The molecule has 1 N–H and O–H groups in total. The fourth-order valence-electron chi connectivity index (χ4n) is 0. The van der Waals surface area contributed by atoms with Gasteiger partial charge in [-0.2, -0.15) is 6.92 Å². The van der Waals surface area contributed by atoms with Crippen LogP contribution in [0.3, 0.4) is 0 Å². The minimum absolute atomic E-state index is 0. The predicted molar refractivity (Wildman–Crippen MR) is 17.1 cm³/mol. The summed E-state index contributed by atoms with van der Waals surface area (Å²) < 4.78 is 0. The molecule has 0 heterocycles. The van der Waals surface area contributed by atoms with Gasteiger partial charge >= 0.3 is 32.7 Å². The van der Waals surface area contributed by atoms with Gasteiger partial charge in [-0.3, -0.25) is 0 Å². The maximum Gasteiger partial charge on any atom is 3.00 e. The topological polar surface area (TPSA) is 20.2 Å². The molecule has 0 aromatic rings. The molecule has 0 spiro atoms. The standard InChI is InChI=1S/C3H7O.Y/c1-2-3-4;/h2,4H,3H2,1H3;/q-1;+3. The van der Waals surface area contributed by atoms with Crippen LogP contribution < -0.4 is 0 Å². The van der Waals surface area contributed by atoms with E-state index < -0.39 is 0 Å². The third kappa shape index (κ3) is 11.2. The van der Waals surface area contributed by atoms with Crippen LogP contribution in [-0.4, -0.2) is 11.7 Å². The van der Waals surface area contributed by atoms with E-state index in [4.69, 9.17) is 5.11 Å². The molecule has 5 heavy (non-hydrogen) atoms. The molecule has 0 atom stereocenters. The Kier molecular flexibility index (Phi) is 16.8. The fourth-order valence-corrected chi connectivity index (χ4v) is 0.